The highest BCUT2D eigenvalue weighted by atomic mass is 32.2. The van der Waals surface area contributed by atoms with Gasteiger partial charge in [0.2, 0.25) is 10.0 Å². The molecule has 2 N–H and O–H groups in total. The number of ether oxygens (including phenoxy) is 1. The van der Waals surface area contributed by atoms with Gasteiger partial charge in [-0.3, -0.25) is 0 Å². The summed E-state index contributed by atoms with van der Waals surface area (Å²) in [6, 6.07) is 10.5. The minimum absolute atomic E-state index is 0.0316. The summed E-state index contributed by atoms with van der Waals surface area (Å²) in [6.45, 7) is 0.0316. The Labute approximate surface area is 158 Å². The smallest absolute Gasteiger partial charge is 0.244 e. The molecule has 2 heterocycles. The first kappa shape index (κ1) is 19.0. The van der Waals surface area contributed by atoms with Crippen LogP contribution in [-0.4, -0.2) is 20.6 Å². The lowest BCUT2D eigenvalue weighted by Crippen LogP contribution is -2.23. The fourth-order valence-corrected chi connectivity index (χ4v) is 5.36. The second-order valence-electron chi connectivity index (χ2n) is 5.34. The fraction of sp³-hybridized carbons (Fsp3) is 0.176. The van der Waals surface area contributed by atoms with Gasteiger partial charge in [-0.1, -0.05) is 6.07 Å². The molecule has 1 atom stereocenters. The van der Waals surface area contributed by atoms with E-state index >= 15 is 0 Å². The van der Waals surface area contributed by atoms with Crippen LogP contribution in [0.4, 0.5) is 4.39 Å². The van der Waals surface area contributed by atoms with Crippen molar-refractivity contribution in [2.75, 3.05) is 7.11 Å². The number of halogens is 1. The maximum Gasteiger partial charge on any atom is 0.244 e. The van der Waals surface area contributed by atoms with Crippen molar-refractivity contribution in [1.29, 1.82) is 0 Å². The molecule has 0 fully saturated rings. The minimum atomic E-state index is -3.95. The van der Waals surface area contributed by atoms with Crippen molar-refractivity contribution in [2.24, 2.45) is 0 Å². The highest BCUT2D eigenvalue weighted by Gasteiger charge is 2.21. The highest BCUT2D eigenvalue weighted by Crippen LogP contribution is 2.31. The van der Waals surface area contributed by atoms with Crippen molar-refractivity contribution in [1.82, 2.24) is 4.72 Å². The van der Waals surface area contributed by atoms with Gasteiger partial charge in [-0.2, -0.15) is 0 Å². The summed E-state index contributed by atoms with van der Waals surface area (Å²) in [6.07, 6.45) is -0.728. The number of sulfonamides is 1. The standard InChI is InChI=1S/C17H16FNO4S3/c1-23-13-6-4-11(18)9-16(13)26(21,22)19-10-12-5-7-15(25-12)17(20)14-3-2-8-24-14/h2-9,17,19-20H,10H2,1H3/t17-/m0/s1. The van der Waals surface area contributed by atoms with Crippen molar-refractivity contribution in [3.8, 4) is 5.75 Å². The van der Waals surface area contributed by atoms with Gasteiger partial charge in [0, 0.05) is 21.2 Å². The van der Waals surface area contributed by atoms with Gasteiger partial charge in [-0.25, -0.2) is 17.5 Å². The highest BCUT2D eigenvalue weighted by molar-refractivity contribution is 7.89. The molecule has 0 unspecified atom stereocenters. The number of aliphatic hydroxyl groups excluding tert-OH is 1. The van der Waals surface area contributed by atoms with Crippen LogP contribution in [0, 0.1) is 5.82 Å². The Kier molecular flexibility index (Phi) is 5.73. The summed E-state index contributed by atoms with van der Waals surface area (Å²) in [5, 5.41) is 12.2. The van der Waals surface area contributed by atoms with E-state index in [1.165, 1.54) is 35.8 Å². The lowest BCUT2D eigenvalue weighted by atomic mass is 10.2. The van der Waals surface area contributed by atoms with Crippen LogP contribution in [0.5, 0.6) is 5.75 Å². The summed E-state index contributed by atoms with van der Waals surface area (Å²) >= 11 is 2.76. The molecule has 138 valence electrons. The van der Waals surface area contributed by atoms with Crippen LogP contribution in [0.2, 0.25) is 0 Å². The average molecular weight is 414 g/mol. The van der Waals surface area contributed by atoms with Gasteiger partial charge in [-0.05, 0) is 41.8 Å². The Morgan fingerprint density at radius 2 is 2.04 bits per heavy atom. The molecule has 0 bridgehead atoms. The Morgan fingerprint density at radius 1 is 1.23 bits per heavy atom. The van der Waals surface area contributed by atoms with Gasteiger partial charge in [0.05, 0.1) is 7.11 Å². The SMILES string of the molecule is COc1ccc(F)cc1S(=O)(=O)NCc1ccc([C@@H](O)c2cccs2)s1. The molecule has 2 aromatic heterocycles. The zero-order valence-corrected chi connectivity index (χ0v) is 16.1. The Morgan fingerprint density at radius 3 is 2.73 bits per heavy atom. The van der Waals surface area contributed by atoms with Crippen LogP contribution >= 0.6 is 22.7 Å². The Balaban J connectivity index is 1.74. The lowest BCUT2D eigenvalue weighted by molar-refractivity contribution is 0.228. The minimum Gasteiger partial charge on any atom is -0.495 e. The van der Waals surface area contributed by atoms with Gasteiger partial charge in [0.15, 0.2) is 0 Å². The predicted octanol–water partition coefficient (Wildman–Crippen LogP) is 3.52. The molecule has 0 amide bonds. The molecule has 0 aliphatic carbocycles. The van der Waals surface area contributed by atoms with Crippen LogP contribution in [0.1, 0.15) is 20.7 Å². The van der Waals surface area contributed by atoms with E-state index in [9.17, 15) is 17.9 Å². The van der Waals surface area contributed by atoms with Crippen molar-refractivity contribution in [3.05, 3.63) is 68.3 Å². The van der Waals surface area contributed by atoms with E-state index in [0.717, 1.165) is 26.8 Å². The summed E-state index contributed by atoms with van der Waals surface area (Å²) in [5.41, 5.74) is 0. The fourth-order valence-electron chi connectivity index (χ4n) is 2.33. The van der Waals surface area contributed by atoms with Gasteiger partial charge in [0.1, 0.15) is 22.6 Å². The van der Waals surface area contributed by atoms with Crippen LogP contribution < -0.4 is 9.46 Å². The molecule has 0 saturated heterocycles. The maximum absolute atomic E-state index is 13.4. The van der Waals surface area contributed by atoms with E-state index in [4.69, 9.17) is 4.74 Å². The first-order valence-electron chi connectivity index (χ1n) is 7.54. The topological polar surface area (TPSA) is 75.6 Å². The maximum atomic E-state index is 13.4. The molecule has 0 spiro atoms. The first-order chi connectivity index (χ1) is 12.4. The van der Waals surface area contributed by atoms with Gasteiger partial charge in [0.25, 0.3) is 0 Å². The number of hydrogen-bond acceptors (Lipinski definition) is 6. The van der Waals surface area contributed by atoms with Crippen LogP contribution in [0.25, 0.3) is 0 Å². The van der Waals surface area contributed by atoms with Crippen LogP contribution in [0.15, 0.2) is 52.7 Å². The largest absolute Gasteiger partial charge is 0.495 e. The van der Waals surface area contributed by atoms with Crippen molar-refractivity contribution in [3.63, 3.8) is 0 Å². The second kappa shape index (κ2) is 7.85. The number of thiophene rings is 2. The Hall–Kier alpha value is -1.78. The number of aliphatic hydroxyl groups is 1. The van der Waals surface area contributed by atoms with Gasteiger partial charge >= 0.3 is 0 Å². The van der Waals surface area contributed by atoms with Crippen molar-refractivity contribution in [2.45, 2.75) is 17.5 Å². The normalized spacial score (nSPS) is 12.9. The molecule has 0 aliphatic heterocycles. The quantitative estimate of drug-likeness (QED) is 0.621. The second-order valence-corrected chi connectivity index (χ2v) is 9.26. The molecule has 0 radical (unpaired) electrons. The summed E-state index contributed by atoms with van der Waals surface area (Å²) < 4.78 is 45.8. The third-order valence-electron chi connectivity index (χ3n) is 3.62. The van der Waals surface area contributed by atoms with Crippen LogP contribution in [0.3, 0.4) is 0 Å². The Bertz CT molecular complexity index is 983. The van der Waals surface area contributed by atoms with E-state index < -0.39 is 21.9 Å². The molecule has 5 nitrogen and oxygen atoms in total. The lowest BCUT2D eigenvalue weighted by Gasteiger charge is -2.10. The molecular weight excluding hydrogens is 397 g/mol. The molecular formula is C17H16FNO4S3. The first-order valence-corrected chi connectivity index (χ1v) is 10.7. The zero-order chi connectivity index (χ0) is 18.7. The third kappa shape index (κ3) is 4.13. The number of methoxy groups -OCH3 is 1. The molecule has 3 rings (SSSR count). The number of hydrogen-bond donors (Lipinski definition) is 2. The van der Waals surface area contributed by atoms with Gasteiger partial charge < -0.3 is 9.84 Å². The summed E-state index contributed by atoms with van der Waals surface area (Å²) in [4.78, 5) is 2.03. The summed E-state index contributed by atoms with van der Waals surface area (Å²) in [5.74, 6) is -0.595. The monoisotopic (exact) mass is 413 g/mol. The molecule has 3 aromatic rings. The van der Waals surface area contributed by atoms with Crippen molar-refractivity contribution < 1.29 is 22.7 Å². The van der Waals surface area contributed by atoms with Crippen LogP contribution in [-0.2, 0) is 16.6 Å². The number of nitrogens with one attached hydrogen (secondary N) is 1. The van der Waals surface area contributed by atoms with E-state index in [-0.39, 0.29) is 17.2 Å². The van der Waals surface area contributed by atoms with E-state index in [1.54, 1.807) is 12.1 Å². The predicted molar refractivity (Wildman–Crippen MR) is 99.7 cm³/mol. The molecule has 0 saturated carbocycles. The average Bonchev–Trinajstić information content (AvgIpc) is 3.31. The molecule has 9 heteroatoms. The molecule has 26 heavy (non-hydrogen) atoms. The molecule has 1 aromatic carbocycles. The zero-order valence-electron chi connectivity index (χ0n) is 13.7. The van der Waals surface area contributed by atoms with E-state index in [2.05, 4.69) is 4.72 Å². The summed E-state index contributed by atoms with van der Waals surface area (Å²) in [7, 11) is -2.62. The third-order valence-corrected chi connectivity index (χ3v) is 7.10. The van der Waals surface area contributed by atoms with Gasteiger partial charge in [-0.15, -0.1) is 22.7 Å². The van der Waals surface area contributed by atoms with E-state index in [0.29, 0.717) is 0 Å². The number of benzene rings is 1. The van der Waals surface area contributed by atoms with E-state index in [1.807, 2.05) is 17.5 Å². The number of rotatable bonds is 7. The molecule has 0 aliphatic rings. The van der Waals surface area contributed by atoms with Crippen molar-refractivity contribution >= 4 is 32.7 Å².